The second-order valence-corrected chi connectivity index (χ2v) is 9.50. The van der Waals surface area contributed by atoms with E-state index in [1.54, 1.807) is 31.4 Å². The zero-order valence-electron chi connectivity index (χ0n) is 19.1. The first-order valence-electron chi connectivity index (χ1n) is 10.8. The van der Waals surface area contributed by atoms with Crippen molar-refractivity contribution < 1.29 is 14.3 Å². The third-order valence-electron chi connectivity index (χ3n) is 5.48. The lowest BCUT2D eigenvalue weighted by Crippen LogP contribution is -2.31. The number of thioether (sulfide) groups is 1. The van der Waals surface area contributed by atoms with Crippen LogP contribution in [0.2, 0.25) is 5.02 Å². The first-order valence-corrected chi connectivity index (χ1v) is 12.1. The number of ether oxygens (including phenoxy) is 1. The number of anilines is 2. The Morgan fingerprint density at radius 3 is 2.57 bits per heavy atom. The SMILES string of the molecule is COc1cccc(C[C@H]2S/C(=C(/C#N)C(=O)Nc3ccccc3Cl)N(c3ccc(C)cc3)C2=O)c1. The number of methoxy groups -OCH3 is 1. The summed E-state index contributed by atoms with van der Waals surface area (Å²) in [6.45, 7) is 1.95. The fraction of sp³-hybridized carbons (Fsp3) is 0.148. The molecule has 176 valence electrons. The van der Waals surface area contributed by atoms with E-state index in [4.69, 9.17) is 16.3 Å². The number of nitrogens with zero attached hydrogens (tertiary/aromatic N) is 2. The number of para-hydroxylation sites is 1. The third-order valence-corrected chi connectivity index (χ3v) is 7.07. The normalized spacial score (nSPS) is 16.6. The molecule has 0 aromatic heterocycles. The van der Waals surface area contributed by atoms with Gasteiger partial charge in [0.2, 0.25) is 5.91 Å². The van der Waals surface area contributed by atoms with E-state index in [0.29, 0.717) is 33.6 Å². The van der Waals surface area contributed by atoms with Gasteiger partial charge in [0.05, 0.1) is 23.1 Å². The molecule has 0 saturated carbocycles. The maximum atomic E-state index is 13.6. The van der Waals surface area contributed by atoms with Gasteiger partial charge in [0.25, 0.3) is 5.91 Å². The second kappa shape index (κ2) is 10.7. The molecule has 1 aliphatic rings. The number of aryl methyl sites for hydroxylation is 1. The smallest absolute Gasteiger partial charge is 0.269 e. The van der Waals surface area contributed by atoms with Crippen molar-refractivity contribution in [2.75, 3.05) is 17.3 Å². The molecule has 0 spiro atoms. The van der Waals surface area contributed by atoms with Crippen LogP contribution in [0.4, 0.5) is 11.4 Å². The van der Waals surface area contributed by atoms with E-state index >= 15 is 0 Å². The summed E-state index contributed by atoms with van der Waals surface area (Å²) in [4.78, 5) is 28.2. The predicted octanol–water partition coefficient (Wildman–Crippen LogP) is 5.72. The summed E-state index contributed by atoms with van der Waals surface area (Å²) in [5.74, 6) is -0.133. The van der Waals surface area contributed by atoms with E-state index in [2.05, 4.69) is 5.32 Å². The Hall–Kier alpha value is -3.73. The molecule has 4 rings (SSSR count). The minimum Gasteiger partial charge on any atom is -0.497 e. The van der Waals surface area contributed by atoms with E-state index in [0.717, 1.165) is 11.1 Å². The van der Waals surface area contributed by atoms with Crippen molar-refractivity contribution in [1.82, 2.24) is 0 Å². The van der Waals surface area contributed by atoms with E-state index in [1.165, 1.54) is 16.7 Å². The fourth-order valence-corrected chi connectivity index (χ4v) is 5.17. The Kier molecular flexibility index (Phi) is 7.45. The molecule has 0 unspecified atom stereocenters. The van der Waals surface area contributed by atoms with E-state index in [-0.39, 0.29) is 11.5 Å². The van der Waals surface area contributed by atoms with Crippen LogP contribution < -0.4 is 15.0 Å². The molecule has 1 heterocycles. The fourth-order valence-electron chi connectivity index (χ4n) is 3.68. The molecule has 1 aliphatic heterocycles. The van der Waals surface area contributed by atoms with Gasteiger partial charge in [0.15, 0.2) is 0 Å². The number of halogens is 1. The summed E-state index contributed by atoms with van der Waals surface area (Å²) < 4.78 is 5.30. The molecule has 2 amide bonds. The highest BCUT2D eigenvalue weighted by atomic mass is 35.5. The van der Waals surface area contributed by atoms with Gasteiger partial charge < -0.3 is 10.1 Å². The van der Waals surface area contributed by atoms with Crippen LogP contribution in [0.25, 0.3) is 0 Å². The predicted molar refractivity (Wildman–Crippen MR) is 139 cm³/mol. The van der Waals surface area contributed by atoms with Crippen LogP contribution >= 0.6 is 23.4 Å². The average Bonchev–Trinajstić information content (AvgIpc) is 3.17. The number of carbonyl (C=O) groups excluding carboxylic acids is 2. The first kappa shape index (κ1) is 24.4. The van der Waals surface area contributed by atoms with Crippen LogP contribution in [0.15, 0.2) is 83.4 Å². The summed E-state index contributed by atoms with van der Waals surface area (Å²) in [7, 11) is 1.59. The van der Waals surface area contributed by atoms with Crippen molar-refractivity contribution in [2.24, 2.45) is 0 Å². The van der Waals surface area contributed by atoms with E-state index in [9.17, 15) is 14.9 Å². The highest BCUT2D eigenvalue weighted by Gasteiger charge is 2.40. The Labute approximate surface area is 213 Å². The molecule has 0 bridgehead atoms. The van der Waals surface area contributed by atoms with Crippen molar-refractivity contribution in [3.8, 4) is 11.8 Å². The number of nitrogens with one attached hydrogen (secondary N) is 1. The minimum atomic E-state index is -0.630. The maximum Gasteiger partial charge on any atom is 0.269 e. The maximum absolute atomic E-state index is 13.6. The zero-order valence-corrected chi connectivity index (χ0v) is 20.7. The number of amides is 2. The molecule has 1 N–H and O–H groups in total. The quantitative estimate of drug-likeness (QED) is 0.343. The van der Waals surface area contributed by atoms with Crippen LogP contribution in [-0.2, 0) is 16.0 Å². The van der Waals surface area contributed by atoms with Crippen molar-refractivity contribution in [3.05, 3.63) is 99.5 Å². The number of hydrogen-bond donors (Lipinski definition) is 1. The first-order chi connectivity index (χ1) is 16.9. The Bertz CT molecular complexity index is 1350. The molecule has 6 nitrogen and oxygen atoms in total. The minimum absolute atomic E-state index is 0.156. The van der Waals surface area contributed by atoms with E-state index < -0.39 is 11.2 Å². The molecule has 3 aromatic rings. The van der Waals surface area contributed by atoms with Gasteiger partial charge in [-0.05, 0) is 55.3 Å². The highest BCUT2D eigenvalue weighted by molar-refractivity contribution is 8.05. The van der Waals surface area contributed by atoms with Gasteiger partial charge in [-0.3, -0.25) is 14.5 Å². The summed E-state index contributed by atoms with van der Waals surface area (Å²) in [5.41, 5.74) is 2.77. The topological polar surface area (TPSA) is 82.4 Å². The monoisotopic (exact) mass is 503 g/mol. The van der Waals surface area contributed by atoms with Gasteiger partial charge in [-0.15, -0.1) is 0 Å². The molecule has 0 aliphatic carbocycles. The molecule has 1 fully saturated rings. The lowest BCUT2D eigenvalue weighted by Gasteiger charge is -2.19. The lowest BCUT2D eigenvalue weighted by molar-refractivity contribution is -0.117. The second-order valence-electron chi connectivity index (χ2n) is 7.90. The lowest BCUT2D eigenvalue weighted by atomic mass is 10.1. The van der Waals surface area contributed by atoms with Crippen LogP contribution in [0, 0.1) is 18.3 Å². The van der Waals surface area contributed by atoms with Crippen LogP contribution in [-0.4, -0.2) is 24.2 Å². The molecule has 0 radical (unpaired) electrons. The van der Waals surface area contributed by atoms with Crippen LogP contribution in [0.5, 0.6) is 5.75 Å². The summed E-state index contributed by atoms with van der Waals surface area (Å²) >= 11 is 7.39. The largest absolute Gasteiger partial charge is 0.497 e. The van der Waals surface area contributed by atoms with Crippen molar-refractivity contribution in [3.63, 3.8) is 0 Å². The Balaban J connectivity index is 1.73. The Morgan fingerprint density at radius 1 is 1.14 bits per heavy atom. The molecule has 1 atom stereocenters. The summed E-state index contributed by atoms with van der Waals surface area (Å²) in [6.07, 6.45) is 0.414. The number of nitriles is 1. The van der Waals surface area contributed by atoms with Gasteiger partial charge in [-0.1, -0.05) is 65.3 Å². The number of carbonyl (C=O) groups is 2. The molecular weight excluding hydrogens is 482 g/mol. The van der Waals surface area contributed by atoms with Crippen molar-refractivity contribution in [2.45, 2.75) is 18.6 Å². The van der Waals surface area contributed by atoms with Gasteiger partial charge in [-0.2, -0.15) is 5.26 Å². The standard InChI is InChI=1S/C27H22ClN3O3S/c1-17-10-12-19(13-11-17)31-26(33)24(15-18-6-5-7-20(14-18)34-2)35-27(31)21(16-29)25(32)30-23-9-4-3-8-22(23)28/h3-14,24H,15H2,1-2H3,(H,30,32)/b27-21-/t24-/m1/s1. The molecule has 35 heavy (non-hydrogen) atoms. The summed E-state index contributed by atoms with van der Waals surface area (Å²) in [5, 5.41) is 12.8. The number of hydrogen-bond acceptors (Lipinski definition) is 5. The molecule has 1 saturated heterocycles. The molecule has 3 aromatic carbocycles. The van der Waals surface area contributed by atoms with Crippen LogP contribution in [0.1, 0.15) is 11.1 Å². The van der Waals surface area contributed by atoms with Gasteiger partial charge >= 0.3 is 0 Å². The van der Waals surface area contributed by atoms with Gasteiger partial charge in [0, 0.05) is 5.69 Å². The van der Waals surface area contributed by atoms with E-state index in [1.807, 2.05) is 61.5 Å². The highest BCUT2D eigenvalue weighted by Crippen LogP contribution is 2.42. The van der Waals surface area contributed by atoms with Gasteiger partial charge in [0.1, 0.15) is 22.4 Å². The third kappa shape index (κ3) is 5.35. The number of benzene rings is 3. The van der Waals surface area contributed by atoms with Crippen molar-refractivity contribution in [1.29, 1.82) is 5.26 Å². The van der Waals surface area contributed by atoms with Gasteiger partial charge in [-0.25, -0.2) is 0 Å². The zero-order chi connectivity index (χ0) is 24.9. The molecule has 8 heteroatoms. The number of rotatable bonds is 6. The summed E-state index contributed by atoms with van der Waals surface area (Å²) in [6, 6.07) is 23.7. The van der Waals surface area contributed by atoms with Crippen LogP contribution in [0.3, 0.4) is 0 Å². The molecular formula is C27H22ClN3O3S. The Morgan fingerprint density at radius 2 is 1.89 bits per heavy atom. The van der Waals surface area contributed by atoms with Crippen molar-refractivity contribution >= 4 is 46.6 Å². The average molecular weight is 504 g/mol.